The van der Waals surface area contributed by atoms with Crippen LogP contribution in [-0.4, -0.2) is 30.1 Å². The van der Waals surface area contributed by atoms with Gasteiger partial charge in [0, 0.05) is 17.6 Å². The van der Waals surface area contributed by atoms with Crippen LogP contribution in [0, 0.1) is 0 Å². The van der Waals surface area contributed by atoms with Crippen molar-refractivity contribution in [1.29, 1.82) is 0 Å². The molecule has 1 amide bonds. The van der Waals surface area contributed by atoms with Gasteiger partial charge in [0.1, 0.15) is 5.75 Å². The Bertz CT molecular complexity index is 445. The molecule has 0 aliphatic carbocycles. The number of aromatic hydroxyl groups is 1. The zero-order chi connectivity index (χ0) is 12.4. The maximum atomic E-state index is 11.9. The van der Waals surface area contributed by atoms with Crippen LogP contribution in [0.15, 0.2) is 12.1 Å². The summed E-state index contributed by atoms with van der Waals surface area (Å²) in [4.78, 5) is 11.9. The molecule has 6 heteroatoms. The Morgan fingerprint density at radius 1 is 1.47 bits per heavy atom. The molecule has 1 heterocycles. The van der Waals surface area contributed by atoms with Gasteiger partial charge in [0.2, 0.25) is 0 Å². The maximum absolute atomic E-state index is 11.9. The van der Waals surface area contributed by atoms with Gasteiger partial charge in [0.25, 0.3) is 5.91 Å². The van der Waals surface area contributed by atoms with Gasteiger partial charge < -0.3 is 15.7 Å². The van der Waals surface area contributed by atoms with Crippen molar-refractivity contribution in [2.75, 3.05) is 13.1 Å². The minimum Gasteiger partial charge on any atom is -0.506 e. The summed E-state index contributed by atoms with van der Waals surface area (Å²) in [6, 6.07) is 2.88. The number of amides is 1. The van der Waals surface area contributed by atoms with Gasteiger partial charge in [-0.15, -0.1) is 0 Å². The second-order valence-electron chi connectivity index (χ2n) is 3.95. The molecule has 0 aromatic heterocycles. The van der Waals surface area contributed by atoms with Crippen molar-refractivity contribution in [2.45, 2.75) is 12.5 Å². The molecule has 4 nitrogen and oxygen atoms in total. The van der Waals surface area contributed by atoms with Crippen LogP contribution in [0.1, 0.15) is 16.8 Å². The number of nitrogens with one attached hydrogen (secondary N) is 2. The van der Waals surface area contributed by atoms with E-state index in [1.54, 1.807) is 0 Å². The number of hydrogen-bond acceptors (Lipinski definition) is 3. The van der Waals surface area contributed by atoms with Gasteiger partial charge in [0.15, 0.2) is 0 Å². The molecule has 1 aromatic carbocycles. The van der Waals surface area contributed by atoms with Crippen molar-refractivity contribution < 1.29 is 9.90 Å². The first-order chi connectivity index (χ1) is 8.08. The van der Waals surface area contributed by atoms with Crippen LogP contribution >= 0.6 is 23.2 Å². The fraction of sp³-hybridized carbons (Fsp3) is 0.364. The standard InChI is InChI=1S/C11H12Cl2N2O2/c12-6-3-8(10(16)9(13)4-6)11(17)15-7-1-2-14-5-7/h3-4,7,14,16H,1-2,5H2,(H,15,17). The Morgan fingerprint density at radius 2 is 2.24 bits per heavy atom. The molecule has 1 saturated heterocycles. The third kappa shape index (κ3) is 2.83. The van der Waals surface area contributed by atoms with E-state index in [1.165, 1.54) is 12.1 Å². The quantitative estimate of drug-likeness (QED) is 0.771. The fourth-order valence-electron chi connectivity index (χ4n) is 1.78. The minimum atomic E-state index is -0.361. The normalized spacial score (nSPS) is 19.3. The molecule has 0 bridgehead atoms. The van der Waals surface area contributed by atoms with Gasteiger partial charge in [-0.25, -0.2) is 0 Å². The van der Waals surface area contributed by atoms with E-state index in [2.05, 4.69) is 10.6 Å². The maximum Gasteiger partial charge on any atom is 0.255 e. The van der Waals surface area contributed by atoms with Crippen LogP contribution in [0.25, 0.3) is 0 Å². The molecule has 2 rings (SSSR count). The van der Waals surface area contributed by atoms with E-state index in [0.717, 1.165) is 19.5 Å². The molecule has 1 aliphatic heterocycles. The third-order valence-electron chi connectivity index (χ3n) is 2.67. The highest BCUT2D eigenvalue weighted by Gasteiger charge is 2.20. The number of phenolic OH excluding ortho intramolecular Hbond substituents is 1. The van der Waals surface area contributed by atoms with Crippen molar-refractivity contribution >= 4 is 29.1 Å². The van der Waals surface area contributed by atoms with Gasteiger partial charge >= 0.3 is 0 Å². The summed E-state index contributed by atoms with van der Waals surface area (Å²) in [6.45, 7) is 1.62. The number of rotatable bonds is 2. The first-order valence-corrected chi connectivity index (χ1v) is 6.03. The lowest BCUT2D eigenvalue weighted by Crippen LogP contribution is -2.36. The predicted molar refractivity (Wildman–Crippen MR) is 66.9 cm³/mol. The van der Waals surface area contributed by atoms with Crippen LogP contribution in [0.5, 0.6) is 5.75 Å². The second kappa shape index (κ2) is 5.12. The molecular weight excluding hydrogens is 263 g/mol. The lowest BCUT2D eigenvalue weighted by Gasteiger charge is -2.12. The van der Waals surface area contributed by atoms with E-state index in [0.29, 0.717) is 5.02 Å². The van der Waals surface area contributed by atoms with Crippen LogP contribution < -0.4 is 10.6 Å². The largest absolute Gasteiger partial charge is 0.506 e. The molecule has 0 saturated carbocycles. The molecule has 1 fully saturated rings. The van der Waals surface area contributed by atoms with Crippen LogP contribution in [-0.2, 0) is 0 Å². The smallest absolute Gasteiger partial charge is 0.255 e. The predicted octanol–water partition coefficient (Wildman–Crippen LogP) is 1.79. The van der Waals surface area contributed by atoms with Crippen molar-refractivity contribution in [3.05, 3.63) is 27.7 Å². The lowest BCUT2D eigenvalue weighted by atomic mass is 10.1. The van der Waals surface area contributed by atoms with Gasteiger partial charge in [-0.1, -0.05) is 23.2 Å². The van der Waals surface area contributed by atoms with E-state index >= 15 is 0 Å². The molecule has 1 unspecified atom stereocenters. The van der Waals surface area contributed by atoms with Crippen molar-refractivity contribution in [3.63, 3.8) is 0 Å². The van der Waals surface area contributed by atoms with Crippen LogP contribution in [0.3, 0.4) is 0 Å². The molecular formula is C11H12Cl2N2O2. The summed E-state index contributed by atoms with van der Waals surface area (Å²) in [6.07, 6.45) is 0.876. The highest BCUT2D eigenvalue weighted by molar-refractivity contribution is 6.36. The van der Waals surface area contributed by atoms with Crippen molar-refractivity contribution in [3.8, 4) is 5.75 Å². The molecule has 1 aliphatic rings. The summed E-state index contributed by atoms with van der Waals surface area (Å²) >= 11 is 11.5. The topological polar surface area (TPSA) is 61.4 Å². The number of carbonyl (C=O) groups is 1. The molecule has 1 aromatic rings. The van der Waals surface area contributed by atoms with Crippen molar-refractivity contribution in [1.82, 2.24) is 10.6 Å². The molecule has 0 spiro atoms. The SMILES string of the molecule is O=C(NC1CCNC1)c1cc(Cl)cc(Cl)c1O. The van der Waals surface area contributed by atoms with E-state index in [4.69, 9.17) is 23.2 Å². The lowest BCUT2D eigenvalue weighted by molar-refractivity contribution is 0.0937. The molecule has 17 heavy (non-hydrogen) atoms. The van der Waals surface area contributed by atoms with Gasteiger partial charge in [-0.2, -0.15) is 0 Å². The third-order valence-corrected chi connectivity index (χ3v) is 3.17. The molecule has 3 N–H and O–H groups in total. The minimum absolute atomic E-state index is 0.0761. The fourth-order valence-corrected chi connectivity index (χ4v) is 2.27. The Kier molecular flexibility index (Phi) is 3.76. The summed E-state index contributed by atoms with van der Waals surface area (Å²) in [7, 11) is 0. The summed E-state index contributed by atoms with van der Waals surface area (Å²) < 4.78 is 0. The first-order valence-electron chi connectivity index (χ1n) is 5.27. The van der Waals surface area contributed by atoms with Gasteiger partial charge in [-0.05, 0) is 25.1 Å². The summed E-state index contributed by atoms with van der Waals surface area (Å²) in [5.41, 5.74) is 0.106. The number of benzene rings is 1. The Labute approximate surface area is 109 Å². The van der Waals surface area contributed by atoms with Gasteiger partial charge in [-0.3, -0.25) is 4.79 Å². The zero-order valence-electron chi connectivity index (χ0n) is 8.96. The highest BCUT2D eigenvalue weighted by Crippen LogP contribution is 2.31. The van der Waals surface area contributed by atoms with E-state index in [1.807, 2.05) is 0 Å². The first kappa shape index (κ1) is 12.5. The summed E-state index contributed by atoms with van der Waals surface area (Å²) in [5, 5.41) is 16.0. The average Bonchev–Trinajstić information content (AvgIpc) is 2.76. The average molecular weight is 275 g/mol. The summed E-state index contributed by atoms with van der Waals surface area (Å²) in [5.74, 6) is -0.597. The number of hydrogen-bond donors (Lipinski definition) is 3. The molecule has 92 valence electrons. The zero-order valence-corrected chi connectivity index (χ0v) is 10.5. The Hall–Kier alpha value is -0.970. The monoisotopic (exact) mass is 274 g/mol. The number of carbonyl (C=O) groups excluding carboxylic acids is 1. The highest BCUT2D eigenvalue weighted by atomic mass is 35.5. The Balaban J connectivity index is 2.18. The van der Waals surface area contributed by atoms with Crippen LogP contribution in [0.2, 0.25) is 10.0 Å². The van der Waals surface area contributed by atoms with Crippen molar-refractivity contribution in [2.24, 2.45) is 0 Å². The van der Waals surface area contributed by atoms with E-state index in [-0.39, 0.29) is 28.3 Å². The number of halogens is 2. The van der Waals surface area contributed by atoms with E-state index in [9.17, 15) is 9.90 Å². The molecule has 1 atom stereocenters. The second-order valence-corrected chi connectivity index (χ2v) is 4.79. The molecule has 0 radical (unpaired) electrons. The van der Waals surface area contributed by atoms with Crippen LogP contribution in [0.4, 0.5) is 0 Å². The van der Waals surface area contributed by atoms with Gasteiger partial charge in [0.05, 0.1) is 10.6 Å². The Morgan fingerprint density at radius 3 is 2.88 bits per heavy atom. The van der Waals surface area contributed by atoms with E-state index < -0.39 is 0 Å². The number of phenols is 1.